The van der Waals surface area contributed by atoms with Crippen molar-refractivity contribution in [3.05, 3.63) is 59.4 Å². The minimum atomic E-state index is 0.531. The summed E-state index contributed by atoms with van der Waals surface area (Å²) < 4.78 is 0. The Morgan fingerprint density at radius 2 is 1.94 bits per heavy atom. The fourth-order valence-corrected chi connectivity index (χ4v) is 2.03. The van der Waals surface area contributed by atoms with Gasteiger partial charge in [-0.2, -0.15) is 0 Å². The molecule has 0 aromatic heterocycles. The van der Waals surface area contributed by atoms with Gasteiger partial charge in [-0.05, 0) is 25.7 Å². The molecule has 0 aliphatic heterocycles. The zero-order valence-corrected chi connectivity index (χ0v) is 9.52. The number of unbranched alkanes of at least 4 members (excludes halogenated alkanes) is 1. The van der Waals surface area contributed by atoms with E-state index in [9.17, 15) is 5.11 Å². The van der Waals surface area contributed by atoms with Crippen molar-refractivity contribution in [1.82, 2.24) is 0 Å². The number of allylic oxidation sites excluding steroid dienone is 10. The van der Waals surface area contributed by atoms with Crippen LogP contribution in [-0.4, -0.2) is 5.11 Å². The van der Waals surface area contributed by atoms with Gasteiger partial charge in [0.25, 0.3) is 0 Å². The Kier molecular flexibility index (Phi) is 3.81. The van der Waals surface area contributed by atoms with Gasteiger partial charge in [0.1, 0.15) is 0 Å². The molecule has 2 aliphatic carbocycles. The molecule has 0 bridgehead atoms. The normalized spacial score (nSPS) is 17.2. The summed E-state index contributed by atoms with van der Waals surface area (Å²) >= 11 is 0. The predicted octanol–water partition coefficient (Wildman–Crippen LogP) is 4.37. The molecule has 1 heteroatoms. The molecular weight excluding hydrogens is 196 g/mol. The highest BCUT2D eigenvalue weighted by Crippen LogP contribution is 2.20. The van der Waals surface area contributed by atoms with Crippen molar-refractivity contribution in [2.24, 2.45) is 0 Å². The van der Waals surface area contributed by atoms with E-state index in [1.54, 1.807) is 0 Å². The monoisotopic (exact) mass is 214 g/mol. The maximum Gasteiger partial charge on any atom is 0.0994 e. The Morgan fingerprint density at radius 3 is 2.62 bits per heavy atom. The van der Waals surface area contributed by atoms with Crippen molar-refractivity contribution in [3.8, 4) is 0 Å². The highest BCUT2D eigenvalue weighted by molar-refractivity contribution is 5.41. The molecule has 0 aromatic carbocycles. The Bertz CT molecular complexity index is 378. The van der Waals surface area contributed by atoms with E-state index in [2.05, 4.69) is 18.2 Å². The number of rotatable bonds is 5. The number of aliphatic hydroxyl groups is 1. The lowest BCUT2D eigenvalue weighted by Crippen LogP contribution is -1.87. The minimum Gasteiger partial charge on any atom is -0.512 e. The largest absolute Gasteiger partial charge is 0.512 e. The molecule has 0 radical (unpaired) electrons. The summed E-state index contributed by atoms with van der Waals surface area (Å²) in [7, 11) is 0. The summed E-state index contributed by atoms with van der Waals surface area (Å²) in [5.74, 6) is 0.531. The molecule has 0 amide bonds. The quantitative estimate of drug-likeness (QED) is 0.532. The molecule has 84 valence electrons. The van der Waals surface area contributed by atoms with Crippen LogP contribution in [0.5, 0.6) is 0 Å². The molecule has 2 rings (SSSR count). The van der Waals surface area contributed by atoms with Gasteiger partial charge in [-0.1, -0.05) is 48.1 Å². The van der Waals surface area contributed by atoms with E-state index in [1.807, 2.05) is 24.3 Å². The summed E-state index contributed by atoms with van der Waals surface area (Å²) in [5, 5.41) is 9.79. The van der Waals surface area contributed by atoms with Gasteiger partial charge >= 0.3 is 0 Å². The van der Waals surface area contributed by atoms with Crippen LogP contribution < -0.4 is 0 Å². The lowest BCUT2D eigenvalue weighted by atomic mass is 10.1. The first-order chi connectivity index (χ1) is 7.86. The first kappa shape index (κ1) is 11.0. The fourth-order valence-electron chi connectivity index (χ4n) is 2.03. The summed E-state index contributed by atoms with van der Waals surface area (Å²) in [6.45, 7) is 0. The van der Waals surface area contributed by atoms with Crippen molar-refractivity contribution in [1.29, 1.82) is 0 Å². The van der Waals surface area contributed by atoms with E-state index in [1.165, 1.54) is 12.0 Å². The molecule has 0 fully saturated rings. The van der Waals surface area contributed by atoms with E-state index in [0.29, 0.717) is 5.76 Å². The third-order valence-corrected chi connectivity index (χ3v) is 3.01. The molecule has 0 heterocycles. The predicted molar refractivity (Wildman–Crippen MR) is 68.2 cm³/mol. The first-order valence-electron chi connectivity index (χ1n) is 5.98. The van der Waals surface area contributed by atoms with E-state index >= 15 is 0 Å². The van der Waals surface area contributed by atoms with Crippen LogP contribution in [-0.2, 0) is 0 Å². The number of hydrogen-bond donors (Lipinski definition) is 1. The van der Waals surface area contributed by atoms with E-state index in [4.69, 9.17) is 0 Å². The van der Waals surface area contributed by atoms with Gasteiger partial charge in [0, 0.05) is 12.0 Å². The van der Waals surface area contributed by atoms with Gasteiger partial charge in [0.2, 0.25) is 0 Å². The molecule has 2 aliphatic rings. The fraction of sp³-hybridized carbons (Fsp3) is 0.333. The van der Waals surface area contributed by atoms with Gasteiger partial charge in [0.15, 0.2) is 0 Å². The van der Waals surface area contributed by atoms with Crippen molar-refractivity contribution in [2.75, 3.05) is 0 Å². The lowest BCUT2D eigenvalue weighted by Gasteiger charge is -2.03. The Balaban J connectivity index is 1.66. The SMILES string of the molecule is OC(CCCCC1=CC=CC1)=C1C=CC=C1. The molecule has 16 heavy (non-hydrogen) atoms. The zero-order chi connectivity index (χ0) is 11.2. The molecule has 0 saturated carbocycles. The highest BCUT2D eigenvalue weighted by atomic mass is 16.3. The van der Waals surface area contributed by atoms with Gasteiger partial charge in [-0.15, -0.1) is 0 Å². The second-order valence-corrected chi connectivity index (χ2v) is 4.28. The molecule has 0 unspecified atom stereocenters. The van der Waals surface area contributed by atoms with Crippen molar-refractivity contribution >= 4 is 0 Å². The van der Waals surface area contributed by atoms with Crippen LogP contribution in [0.25, 0.3) is 0 Å². The van der Waals surface area contributed by atoms with Gasteiger partial charge < -0.3 is 5.11 Å². The standard InChI is InChI=1S/C15H18O/c16-15(14-10-4-5-11-14)12-6-3-9-13-7-1-2-8-13/h1-2,4-5,7,10-11,16H,3,6,8-9,12H2. The first-order valence-corrected chi connectivity index (χ1v) is 5.98. The van der Waals surface area contributed by atoms with E-state index in [0.717, 1.165) is 31.3 Å². The van der Waals surface area contributed by atoms with Crippen molar-refractivity contribution in [2.45, 2.75) is 32.1 Å². The molecule has 0 atom stereocenters. The maximum atomic E-state index is 9.79. The van der Waals surface area contributed by atoms with Gasteiger partial charge in [0.05, 0.1) is 5.76 Å². The Hall–Kier alpha value is -1.50. The zero-order valence-electron chi connectivity index (χ0n) is 9.52. The van der Waals surface area contributed by atoms with Gasteiger partial charge in [-0.25, -0.2) is 0 Å². The average molecular weight is 214 g/mol. The second kappa shape index (κ2) is 5.55. The highest BCUT2D eigenvalue weighted by Gasteiger charge is 2.03. The summed E-state index contributed by atoms with van der Waals surface area (Å²) in [5.41, 5.74) is 2.49. The molecule has 1 N–H and O–H groups in total. The van der Waals surface area contributed by atoms with Crippen LogP contribution in [0.15, 0.2) is 59.4 Å². The van der Waals surface area contributed by atoms with Crippen LogP contribution in [0.2, 0.25) is 0 Å². The third-order valence-electron chi connectivity index (χ3n) is 3.01. The van der Waals surface area contributed by atoms with Crippen LogP contribution in [0.4, 0.5) is 0 Å². The van der Waals surface area contributed by atoms with E-state index < -0.39 is 0 Å². The Labute approximate surface area is 97.2 Å². The average Bonchev–Trinajstić information content (AvgIpc) is 2.96. The maximum absolute atomic E-state index is 9.79. The third kappa shape index (κ3) is 2.99. The molecule has 0 aromatic rings. The second-order valence-electron chi connectivity index (χ2n) is 4.28. The van der Waals surface area contributed by atoms with Crippen molar-refractivity contribution < 1.29 is 5.11 Å². The van der Waals surface area contributed by atoms with Crippen LogP contribution in [0.1, 0.15) is 32.1 Å². The van der Waals surface area contributed by atoms with Crippen LogP contribution in [0, 0.1) is 0 Å². The summed E-state index contributed by atoms with van der Waals surface area (Å²) in [6, 6.07) is 0. The van der Waals surface area contributed by atoms with Crippen LogP contribution in [0.3, 0.4) is 0 Å². The molecular formula is C15H18O. The van der Waals surface area contributed by atoms with Crippen molar-refractivity contribution in [3.63, 3.8) is 0 Å². The van der Waals surface area contributed by atoms with Crippen LogP contribution >= 0.6 is 0 Å². The minimum absolute atomic E-state index is 0.531. The molecule has 0 saturated heterocycles. The Morgan fingerprint density at radius 1 is 1.12 bits per heavy atom. The molecule has 1 nitrogen and oxygen atoms in total. The summed E-state index contributed by atoms with van der Waals surface area (Å²) in [4.78, 5) is 0. The van der Waals surface area contributed by atoms with Gasteiger partial charge in [-0.3, -0.25) is 0 Å². The smallest absolute Gasteiger partial charge is 0.0994 e. The lowest BCUT2D eigenvalue weighted by molar-refractivity contribution is 0.378. The summed E-state index contributed by atoms with van der Waals surface area (Å²) in [6.07, 6.45) is 19.7. The van der Waals surface area contributed by atoms with E-state index in [-0.39, 0.29) is 0 Å². The topological polar surface area (TPSA) is 20.2 Å². The molecule has 0 spiro atoms. The number of aliphatic hydroxyl groups excluding tert-OH is 1. The number of hydrogen-bond acceptors (Lipinski definition) is 1.